The van der Waals surface area contributed by atoms with Crippen LogP contribution in [-0.4, -0.2) is 21.5 Å². The van der Waals surface area contributed by atoms with Crippen molar-refractivity contribution in [3.8, 4) is 0 Å². The number of benzene rings is 1. The van der Waals surface area contributed by atoms with E-state index in [4.69, 9.17) is 11.6 Å². The number of hydrogen-bond donors (Lipinski definition) is 1. The highest BCUT2D eigenvalue weighted by atomic mass is 35.5. The molecule has 2 heterocycles. The van der Waals surface area contributed by atoms with Crippen molar-refractivity contribution in [3.63, 3.8) is 0 Å². The first kappa shape index (κ1) is 14.5. The van der Waals surface area contributed by atoms with Crippen LogP contribution in [-0.2, 0) is 0 Å². The summed E-state index contributed by atoms with van der Waals surface area (Å²) in [7, 11) is 0. The van der Waals surface area contributed by atoms with Gasteiger partial charge >= 0.3 is 0 Å². The summed E-state index contributed by atoms with van der Waals surface area (Å²) in [4.78, 5) is 31.3. The SMILES string of the molecule is O=C(CCC(=O)c1cc2cc(Cl)cnc2[nH]1)c1ccccc1. The van der Waals surface area contributed by atoms with Crippen LogP contribution in [0.25, 0.3) is 11.0 Å². The number of ketones is 2. The molecule has 0 radical (unpaired) electrons. The molecule has 110 valence electrons. The number of fused-ring (bicyclic) bond motifs is 1. The van der Waals surface area contributed by atoms with E-state index in [1.807, 2.05) is 18.2 Å². The maximum atomic E-state index is 12.2. The molecule has 0 amide bonds. The summed E-state index contributed by atoms with van der Waals surface area (Å²) in [5.74, 6) is -0.148. The number of halogens is 1. The molecule has 5 heteroatoms. The lowest BCUT2D eigenvalue weighted by atomic mass is 10.0. The zero-order chi connectivity index (χ0) is 15.5. The average Bonchev–Trinajstić information content (AvgIpc) is 2.96. The first-order valence-electron chi connectivity index (χ1n) is 6.89. The van der Waals surface area contributed by atoms with Crippen LogP contribution in [0.15, 0.2) is 48.7 Å². The summed E-state index contributed by atoms with van der Waals surface area (Å²) in [6.45, 7) is 0. The molecule has 0 saturated heterocycles. The van der Waals surface area contributed by atoms with Gasteiger partial charge in [0.1, 0.15) is 5.65 Å². The quantitative estimate of drug-likeness (QED) is 0.722. The van der Waals surface area contributed by atoms with E-state index in [2.05, 4.69) is 9.97 Å². The largest absolute Gasteiger partial charge is 0.337 e. The molecule has 0 fully saturated rings. The third-order valence-electron chi connectivity index (χ3n) is 3.41. The van der Waals surface area contributed by atoms with Gasteiger partial charge in [0, 0.05) is 30.0 Å². The second-order valence-corrected chi connectivity index (χ2v) is 5.42. The van der Waals surface area contributed by atoms with E-state index >= 15 is 0 Å². The van der Waals surface area contributed by atoms with Gasteiger partial charge in [-0.05, 0) is 12.1 Å². The Morgan fingerprint density at radius 2 is 1.77 bits per heavy atom. The number of H-pyrrole nitrogens is 1. The minimum absolute atomic E-state index is 0.0359. The second kappa shape index (κ2) is 6.12. The summed E-state index contributed by atoms with van der Waals surface area (Å²) in [6.07, 6.45) is 1.87. The number of rotatable bonds is 5. The Balaban J connectivity index is 1.69. The van der Waals surface area contributed by atoms with Crippen molar-refractivity contribution in [2.45, 2.75) is 12.8 Å². The van der Waals surface area contributed by atoms with Gasteiger partial charge in [-0.1, -0.05) is 41.9 Å². The lowest BCUT2D eigenvalue weighted by Gasteiger charge is -2.00. The van der Waals surface area contributed by atoms with E-state index in [1.54, 1.807) is 24.3 Å². The molecule has 0 spiro atoms. The summed E-state index contributed by atoms with van der Waals surface area (Å²) in [6, 6.07) is 12.4. The second-order valence-electron chi connectivity index (χ2n) is 4.99. The summed E-state index contributed by atoms with van der Waals surface area (Å²) >= 11 is 5.87. The Morgan fingerprint density at radius 1 is 1.05 bits per heavy atom. The molecule has 22 heavy (non-hydrogen) atoms. The lowest BCUT2D eigenvalue weighted by molar-refractivity contribution is 0.0915. The van der Waals surface area contributed by atoms with Crippen LogP contribution in [0.1, 0.15) is 33.7 Å². The fraction of sp³-hybridized carbons (Fsp3) is 0.118. The molecule has 3 rings (SSSR count). The van der Waals surface area contributed by atoms with Gasteiger partial charge in [-0.3, -0.25) is 9.59 Å². The number of pyridine rings is 1. The van der Waals surface area contributed by atoms with Gasteiger partial charge in [0.15, 0.2) is 11.6 Å². The molecule has 1 N–H and O–H groups in total. The van der Waals surface area contributed by atoms with Crippen LogP contribution in [0, 0.1) is 0 Å². The van der Waals surface area contributed by atoms with Gasteiger partial charge in [-0.15, -0.1) is 0 Å². The molecule has 0 unspecified atom stereocenters. The fourth-order valence-electron chi connectivity index (χ4n) is 2.27. The molecule has 4 nitrogen and oxygen atoms in total. The van der Waals surface area contributed by atoms with Gasteiger partial charge in [-0.2, -0.15) is 0 Å². The minimum atomic E-state index is -0.113. The number of Topliss-reactive ketones (excluding diaryl/α,β-unsaturated/α-hetero) is 2. The van der Waals surface area contributed by atoms with Crippen LogP contribution in [0.4, 0.5) is 0 Å². The number of hydrogen-bond acceptors (Lipinski definition) is 3. The van der Waals surface area contributed by atoms with E-state index in [0.29, 0.717) is 21.9 Å². The zero-order valence-electron chi connectivity index (χ0n) is 11.7. The number of carbonyl (C=O) groups is 2. The minimum Gasteiger partial charge on any atom is -0.337 e. The lowest BCUT2D eigenvalue weighted by Crippen LogP contribution is -2.05. The number of aromatic nitrogens is 2. The Hall–Kier alpha value is -2.46. The Labute approximate surface area is 132 Å². The molecule has 1 aromatic carbocycles. The van der Waals surface area contributed by atoms with Gasteiger partial charge < -0.3 is 4.98 Å². The van der Waals surface area contributed by atoms with Gasteiger partial charge in [0.25, 0.3) is 0 Å². The molecule has 0 atom stereocenters. The Bertz CT molecular complexity index is 840. The fourth-order valence-corrected chi connectivity index (χ4v) is 2.44. The van der Waals surface area contributed by atoms with E-state index in [1.165, 1.54) is 6.20 Å². The summed E-state index contributed by atoms with van der Waals surface area (Å²) in [5, 5.41) is 1.30. The number of nitrogens with zero attached hydrogens (tertiary/aromatic N) is 1. The van der Waals surface area contributed by atoms with Crippen molar-refractivity contribution in [1.29, 1.82) is 0 Å². The molecule has 0 aliphatic carbocycles. The van der Waals surface area contributed by atoms with Crippen LogP contribution >= 0.6 is 11.6 Å². The Kier molecular flexibility index (Phi) is 4.02. The molecular formula is C17H13ClN2O2. The van der Waals surface area contributed by atoms with Gasteiger partial charge in [-0.25, -0.2) is 4.98 Å². The molecule has 0 aliphatic heterocycles. The van der Waals surface area contributed by atoms with E-state index in [-0.39, 0.29) is 24.4 Å². The van der Waals surface area contributed by atoms with Crippen molar-refractivity contribution in [2.75, 3.05) is 0 Å². The van der Waals surface area contributed by atoms with Crippen LogP contribution in [0.3, 0.4) is 0 Å². The highest BCUT2D eigenvalue weighted by molar-refractivity contribution is 6.31. The number of carbonyl (C=O) groups excluding carboxylic acids is 2. The maximum Gasteiger partial charge on any atom is 0.179 e. The normalized spacial score (nSPS) is 10.8. The highest BCUT2D eigenvalue weighted by Crippen LogP contribution is 2.19. The standard InChI is InChI=1S/C17H13ClN2O2/c18-13-8-12-9-14(20-17(12)19-10-13)16(22)7-6-15(21)11-4-2-1-3-5-11/h1-5,8-10H,6-7H2,(H,19,20). The first-order chi connectivity index (χ1) is 10.6. The smallest absolute Gasteiger partial charge is 0.179 e. The third-order valence-corrected chi connectivity index (χ3v) is 3.62. The van der Waals surface area contributed by atoms with Crippen molar-refractivity contribution in [3.05, 3.63) is 64.9 Å². The molecule has 0 bridgehead atoms. The predicted octanol–water partition coefficient (Wildman–Crippen LogP) is 4.06. The van der Waals surface area contributed by atoms with Crippen molar-refractivity contribution < 1.29 is 9.59 Å². The summed E-state index contributed by atoms with van der Waals surface area (Å²) in [5.41, 5.74) is 1.69. The monoisotopic (exact) mass is 312 g/mol. The summed E-state index contributed by atoms with van der Waals surface area (Å²) < 4.78 is 0. The van der Waals surface area contributed by atoms with E-state index in [0.717, 1.165) is 5.39 Å². The van der Waals surface area contributed by atoms with Crippen LogP contribution < -0.4 is 0 Å². The maximum absolute atomic E-state index is 12.2. The third kappa shape index (κ3) is 3.07. The van der Waals surface area contributed by atoms with Crippen molar-refractivity contribution in [1.82, 2.24) is 9.97 Å². The topological polar surface area (TPSA) is 62.8 Å². The molecule has 0 aliphatic rings. The van der Waals surface area contributed by atoms with Crippen molar-refractivity contribution in [2.24, 2.45) is 0 Å². The Morgan fingerprint density at radius 3 is 2.55 bits per heavy atom. The highest BCUT2D eigenvalue weighted by Gasteiger charge is 2.13. The van der Waals surface area contributed by atoms with Gasteiger partial charge in [0.2, 0.25) is 0 Å². The van der Waals surface area contributed by atoms with E-state index < -0.39 is 0 Å². The van der Waals surface area contributed by atoms with Crippen molar-refractivity contribution >= 4 is 34.2 Å². The molecule has 3 aromatic rings. The van der Waals surface area contributed by atoms with Crippen LogP contribution in [0.5, 0.6) is 0 Å². The van der Waals surface area contributed by atoms with E-state index in [9.17, 15) is 9.59 Å². The van der Waals surface area contributed by atoms with Gasteiger partial charge in [0.05, 0.1) is 10.7 Å². The zero-order valence-corrected chi connectivity index (χ0v) is 12.4. The predicted molar refractivity (Wildman–Crippen MR) is 85.4 cm³/mol. The van der Waals surface area contributed by atoms with Crippen LogP contribution in [0.2, 0.25) is 5.02 Å². The number of aromatic amines is 1. The first-order valence-corrected chi connectivity index (χ1v) is 7.27. The molecule has 0 saturated carbocycles. The molecular weight excluding hydrogens is 300 g/mol. The molecule has 2 aromatic heterocycles. The number of nitrogens with one attached hydrogen (secondary N) is 1. The average molecular weight is 313 g/mol.